The van der Waals surface area contributed by atoms with E-state index >= 15 is 0 Å². The smallest absolute Gasteiger partial charge is 0.147 e. The molecule has 0 unspecified atom stereocenters. The molecule has 0 saturated heterocycles. The second-order valence-electron chi connectivity index (χ2n) is 4.15. The van der Waals surface area contributed by atoms with E-state index in [2.05, 4.69) is 11.4 Å². The van der Waals surface area contributed by atoms with Crippen LogP contribution in [-0.4, -0.2) is 7.05 Å². The van der Waals surface area contributed by atoms with Crippen LogP contribution in [0.25, 0.3) is 0 Å². The molecular weight excluding hydrogens is 295 g/mol. The van der Waals surface area contributed by atoms with Gasteiger partial charge in [0.05, 0.1) is 10.6 Å². The summed E-state index contributed by atoms with van der Waals surface area (Å²) in [6.45, 7) is 0.687. The maximum Gasteiger partial charge on any atom is 0.147 e. The molecule has 1 N–H and O–H groups in total. The summed E-state index contributed by atoms with van der Waals surface area (Å²) < 4.78 is 5.69. The first-order chi connectivity index (χ1) is 9.63. The van der Waals surface area contributed by atoms with Crippen LogP contribution in [-0.2, 0) is 6.54 Å². The number of benzene rings is 2. The van der Waals surface area contributed by atoms with Crippen LogP contribution < -0.4 is 10.1 Å². The lowest BCUT2D eigenvalue weighted by atomic mass is 10.1. The summed E-state index contributed by atoms with van der Waals surface area (Å²) in [6, 6.07) is 12.5. The van der Waals surface area contributed by atoms with Crippen molar-refractivity contribution in [2.45, 2.75) is 6.54 Å². The molecule has 0 atom stereocenters. The summed E-state index contributed by atoms with van der Waals surface area (Å²) in [4.78, 5) is 0. The largest absolute Gasteiger partial charge is 0.454 e. The predicted molar refractivity (Wildman–Crippen MR) is 80.5 cm³/mol. The molecule has 2 rings (SSSR count). The van der Waals surface area contributed by atoms with Gasteiger partial charge in [-0.3, -0.25) is 0 Å². The topological polar surface area (TPSA) is 45.0 Å². The van der Waals surface area contributed by atoms with Crippen molar-refractivity contribution in [3.63, 3.8) is 0 Å². The van der Waals surface area contributed by atoms with Gasteiger partial charge in [-0.2, -0.15) is 5.26 Å². The first-order valence-electron chi connectivity index (χ1n) is 5.94. The van der Waals surface area contributed by atoms with E-state index in [1.54, 1.807) is 30.3 Å². The Kier molecular flexibility index (Phi) is 4.86. The van der Waals surface area contributed by atoms with Gasteiger partial charge in [-0.15, -0.1) is 0 Å². The van der Waals surface area contributed by atoms with Crippen molar-refractivity contribution in [1.29, 1.82) is 5.26 Å². The number of hydrogen-bond acceptors (Lipinski definition) is 3. The maximum atomic E-state index is 9.20. The second kappa shape index (κ2) is 6.62. The number of nitriles is 1. The molecule has 0 saturated carbocycles. The molecular formula is C15H12Cl2N2O. The van der Waals surface area contributed by atoms with Gasteiger partial charge in [0.15, 0.2) is 0 Å². The normalized spacial score (nSPS) is 10.1. The van der Waals surface area contributed by atoms with Gasteiger partial charge >= 0.3 is 0 Å². The van der Waals surface area contributed by atoms with E-state index in [-0.39, 0.29) is 0 Å². The lowest BCUT2D eigenvalue weighted by Gasteiger charge is -2.10. The lowest BCUT2D eigenvalue weighted by molar-refractivity contribution is 0.481. The summed E-state index contributed by atoms with van der Waals surface area (Å²) >= 11 is 12.0. The highest BCUT2D eigenvalue weighted by atomic mass is 35.5. The lowest BCUT2D eigenvalue weighted by Crippen LogP contribution is -2.05. The zero-order valence-electron chi connectivity index (χ0n) is 10.8. The molecule has 0 heterocycles. The summed E-state index contributed by atoms with van der Waals surface area (Å²) in [5.74, 6) is 0.883. The molecule has 0 bridgehead atoms. The third-order valence-electron chi connectivity index (χ3n) is 2.66. The quantitative estimate of drug-likeness (QED) is 0.912. The van der Waals surface area contributed by atoms with Crippen molar-refractivity contribution < 1.29 is 4.74 Å². The minimum absolute atomic E-state index is 0.428. The van der Waals surface area contributed by atoms with Gasteiger partial charge < -0.3 is 10.1 Å². The number of hydrogen-bond donors (Lipinski definition) is 1. The highest BCUT2D eigenvalue weighted by molar-refractivity contribution is 6.34. The van der Waals surface area contributed by atoms with Crippen molar-refractivity contribution in [3.8, 4) is 17.6 Å². The minimum Gasteiger partial charge on any atom is -0.454 e. The van der Waals surface area contributed by atoms with Crippen molar-refractivity contribution in [2.24, 2.45) is 0 Å². The van der Waals surface area contributed by atoms with Crippen LogP contribution in [0.5, 0.6) is 11.5 Å². The Hall–Kier alpha value is -1.73. The Morgan fingerprint density at radius 3 is 2.65 bits per heavy atom. The number of nitrogens with zero attached hydrogens (tertiary/aromatic N) is 1. The summed E-state index contributed by atoms with van der Waals surface area (Å²) in [6.07, 6.45) is 0. The summed E-state index contributed by atoms with van der Waals surface area (Å²) in [5, 5.41) is 13.2. The summed E-state index contributed by atoms with van der Waals surface area (Å²) in [5.41, 5.74) is 1.46. The van der Waals surface area contributed by atoms with Crippen molar-refractivity contribution in [1.82, 2.24) is 5.32 Å². The molecule has 3 nitrogen and oxygen atoms in total. The van der Waals surface area contributed by atoms with E-state index < -0.39 is 0 Å². The second-order valence-corrected chi connectivity index (χ2v) is 4.99. The van der Waals surface area contributed by atoms with E-state index in [9.17, 15) is 5.26 Å². The van der Waals surface area contributed by atoms with Crippen LogP contribution in [0, 0.1) is 11.3 Å². The average molecular weight is 307 g/mol. The first kappa shape index (κ1) is 14.7. The number of ether oxygens (including phenoxy) is 1. The Balaban J connectivity index is 2.34. The molecule has 0 spiro atoms. The van der Waals surface area contributed by atoms with E-state index in [0.29, 0.717) is 33.7 Å². The minimum atomic E-state index is 0.428. The van der Waals surface area contributed by atoms with E-state index in [1.165, 1.54) is 0 Å². The molecule has 0 aromatic heterocycles. The van der Waals surface area contributed by atoms with Crippen LogP contribution in [0.2, 0.25) is 10.0 Å². The van der Waals surface area contributed by atoms with Gasteiger partial charge in [0.2, 0.25) is 0 Å². The fraction of sp³-hybridized carbons (Fsp3) is 0.133. The molecule has 0 fully saturated rings. The van der Waals surface area contributed by atoms with Crippen molar-refractivity contribution in [3.05, 3.63) is 57.6 Å². The molecule has 2 aromatic rings. The first-order valence-corrected chi connectivity index (χ1v) is 6.70. The highest BCUT2D eigenvalue weighted by Crippen LogP contribution is 2.33. The summed E-state index contributed by atoms with van der Waals surface area (Å²) in [7, 11) is 1.85. The van der Waals surface area contributed by atoms with Crippen molar-refractivity contribution >= 4 is 23.2 Å². The molecule has 0 amide bonds. The average Bonchev–Trinajstić information content (AvgIpc) is 2.44. The van der Waals surface area contributed by atoms with Gasteiger partial charge in [-0.1, -0.05) is 29.3 Å². The molecule has 0 radical (unpaired) electrons. The number of nitrogens with one attached hydrogen (secondary N) is 1. The SMILES string of the molecule is CNCc1ccc(Oc2cc(Cl)ccc2Cl)c(C#N)c1. The van der Waals surface area contributed by atoms with E-state index in [1.807, 2.05) is 13.1 Å². The molecule has 2 aromatic carbocycles. The molecule has 5 heteroatoms. The van der Waals surface area contributed by atoms with Gasteiger partial charge in [-0.25, -0.2) is 0 Å². The van der Waals surface area contributed by atoms with Crippen LogP contribution >= 0.6 is 23.2 Å². The van der Waals surface area contributed by atoms with Crippen molar-refractivity contribution in [2.75, 3.05) is 7.05 Å². The zero-order chi connectivity index (χ0) is 14.5. The zero-order valence-corrected chi connectivity index (χ0v) is 12.3. The van der Waals surface area contributed by atoms with Gasteiger partial charge in [0, 0.05) is 17.6 Å². The Morgan fingerprint density at radius 2 is 1.95 bits per heavy atom. The van der Waals surface area contributed by atoms with Crippen LogP contribution in [0.15, 0.2) is 36.4 Å². The maximum absolute atomic E-state index is 9.20. The molecule has 0 aliphatic rings. The molecule has 102 valence electrons. The number of rotatable bonds is 4. The Labute approximate surface area is 127 Å². The third kappa shape index (κ3) is 3.43. The fourth-order valence-electron chi connectivity index (χ4n) is 1.74. The monoisotopic (exact) mass is 306 g/mol. The predicted octanol–water partition coefficient (Wildman–Crippen LogP) is 4.38. The van der Waals surface area contributed by atoms with Crippen LogP contribution in [0.1, 0.15) is 11.1 Å². The molecule has 20 heavy (non-hydrogen) atoms. The highest BCUT2D eigenvalue weighted by Gasteiger charge is 2.09. The van der Waals surface area contributed by atoms with Gasteiger partial charge in [0.25, 0.3) is 0 Å². The van der Waals surface area contributed by atoms with E-state index in [0.717, 1.165) is 5.56 Å². The standard InChI is InChI=1S/C15H12Cl2N2O/c1-19-9-10-2-5-14(11(6-10)8-18)20-15-7-12(16)3-4-13(15)17/h2-7,19H,9H2,1H3. The molecule has 0 aliphatic heterocycles. The number of halogens is 2. The third-order valence-corrected chi connectivity index (χ3v) is 3.21. The van der Waals surface area contributed by atoms with Crippen LogP contribution in [0.4, 0.5) is 0 Å². The Morgan fingerprint density at radius 1 is 1.15 bits per heavy atom. The van der Waals surface area contributed by atoms with Gasteiger partial charge in [-0.05, 0) is 36.9 Å². The molecule has 0 aliphatic carbocycles. The van der Waals surface area contributed by atoms with Crippen LogP contribution in [0.3, 0.4) is 0 Å². The van der Waals surface area contributed by atoms with Gasteiger partial charge in [0.1, 0.15) is 17.6 Å². The Bertz CT molecular complexity index is 665. The van der Waals surface area contributed by atoms with E-state index in [4.69, 9.17) is 27.9 Å². The fourth-order valence-corrected chi connectivity index (χ4v) is 2.06.